The fourth-order valence-corrected chi connectivity index (χ4v) is 1.17. The molecule has 0 atom stereocenters. The van der Waals surface area contributed by atoms with Crippen LogP contribution in [0.3, 0.4) is 0 Å². The molecular weight excluding hydrogens is 188 g/mol. The predicted octanol–water partition coefficient (Wildman–Crippen LogP) is 3.04. The highest BCUT2D eigenvalue weighted by molar-refractivity contribution is 5.72. The average Bonchev–Trinajstić information content (AvgIpc) is 2.18. The van der Waals surface area contributed by atoms with Gasteiger partial charge in [0.05, 0.1) is 12.5 Å². The van der Waals surface area contributed by atoms with Crippen LogP contribution in [-0.2, 0) is 9.53 Å². The molecule has 0 saturated heterocycles. The van der Waals surface area contributed by atoms with Crippen LogP contribution < -0.4 is 0 Å². The van der Waals surface area contributed by atoms with Crippen LogP contribution in [-0.4, -0.2) is 12.1 Å². The van der Waals surface area contributed by atoms with Gasteiger partial charge in [-0.1, -0.05) is 42.5 Å². The van der Waals surface area contributed by atoms with Gasteiger partial charge < -0.3 is 4.74 Å². The van der Waals surface area contributed by atoms with E-state index < -0.39 is 0 Å². The van der Waals surface area contributed by atoms with Crippen molar-refractivity contribution < 1.29 is 9.53 Å². The van der Waals surface area contributed by atoms with E-state index in [0.717, 1.165) is 5.56 Å². The third kappa shape index (κ3) is 5.01. The number of ether oxygens (including phenoxy) is 1. The molecule has 80 valence electrons. The standard InChI is InChI=1S/C13H16O2/c1-11(2)15-13(14)10-6-9-12-7-4-3-5-8-12/h3-9,11H,10H2,1-2H3. The van der Waals surface area contributed by atoms with E-state index in [-0.39, 0.29) is 12.1 Å². The second-order valence-corrected chi connectivity index (χ2v) is 3.56. The monoisotopic (exact) mass is 204 g/mol. The van der Waals surface area contributed by atoms with Crippen molar-refractivity contribution in [3.05, 3.63) is 42.0 Å². The molecule has 0 unspecified atom stereocenters. The summed E-state index contributed by atoms with van der Waals surface area (Å²) in [7, 11) is 0. The zero-order valence-electron chi connectivity index (χ0n) is 9.14. The highest BCUT2D eigenvalue weighted by Gasteiger charge is 2.01. The number of carbonyl (C=O) groups excluding carboxylic acids is 1. The molecule has 0 bridgehead atoms. The topological polar surface area (TPSA) is 26.3 Å². The van der Waals surface area contributed by atoms with Crippen LogP contribution >= 0.6 is 0 Å². The lowest BCUT2D eigenvalue weighted by atomic mass is 10.2. The summed E-state index contributed by atoms with van der Waals surface area (Å²) >= 11 is 0. The van der Waals surface area contributed by atoms with E-state index in [2.05, 4.69) is 0 Å². The Kier molecular flexibility index (Phi) is 4.61. The van der Waals surface area contributed by atoms with Crippen molar-refractivity contribution in [2.24, 2.45) is 0 Å². The van der Waals surface area contributed by atoms with Crippen LogP contribution in [0.1, 0.15) is 25.8 Å². The van der Waals surface area contributed by atoms with Gasteiger partial charge in [0.15, 0.2) is 0 Å². The second-order valence-electron chi connectivity index (χ2n) is 3.56. The SMILES string of the molecule is CC(C)OC(=O)CC=Cc1ccccc1. The molecule has 0 aliphatic heterocycles. The van der Waals surface area contributed by atoms with Crippen molar-refractivity contribution >= 4 is 12.0 Å². The van der Waals surface area contributed by atoms with Crippen molar-refractivity contribution in [2.75, 3.05) is 0 Å². The molecule has 0 radical (unpaired) electrons. The molecule has 0 saturated carbocycles. The van der Waals surface area contributed by atoms with E-state index in [9.17, 15) is 4.79 Å². The maximum Gasteiger partial charge on any atom is 0.309 e. The maximum atomic E-state index is 11.2. The fourth-order valence-electron chi connectivity index (χ4n) is 1.17. The first kappa shape index (κ1) is 11.5. The summed E-state index contributed by atoms with van der Waals surface area (Å²) in [6.07, 6.45) is 4.02. The molecular formula is C13H16O2. The van der Waals surface area contributed by atoms with Crippen molar-refractivity contribution in [2.45, 2.75) is 26.4 Å². The van der Waals surface area contributed by atoms with E-state index in [1.807, 2.05) is 56.3 Å². The number of benzene rings is 1. The molecule has 1 rings (SSSR count). The van der Waals surface area contributed by atoms with Gasteiger partial charge in [0.2, 0.25) is 0 Å². The van der Waals surface area contributed by atoms with E-state index in [1.165, 1.54) is 0 Å². The van der Waals surface area contributed by atoms with Crippen molar-refractivity contribution in [3.63, 3.8) is 0 Å². The summed E-state index contributed by atoms with van der Waals surface area (Å²) in [4.78, 5) is 11.2. The third-order valence-corrected chi connectivity index (χ3v) is 1.76. The van der Waals surface area contributed by atoms with Gasteiger partial charge in [-0.2, -0.15) is 0 Å². The number of hydrogen-bond acceptors (Lipinski definition) is 2. The van der Waals surface area contributed by atoms with Crippen molar-refractivity contribution in [1.29, 1.82) is 0 Å². The summed E-state index contributed by atoms with van der Waals surface area (Å²) in [5.74, 6) is -0.183. The number of carbonyl (C=O) groups is 1. The highest BCUT2D eigenvalue weighted by Crippen LogP contribution is 2.02. The minimum atomic E-state index is -0.183. The predicted molar refractivity (Wildman–Crippen MR) is 61.3 cm³/mol. The van der Waals surface area contributed by atoms with Gasteiger partial charge in [-0.25, -0.2) is 0 Å². The normalized spacial score (nSPS) is 10.9. The van der Waals surface area contributed by atoms with Crippen LogP contribution in [0.4, 0.5) is 0 Å². The number of rotatable bonds is 4. The lowest BCUT2D eigenvalue weighted by Crippen LogP contribution is -2.09. The summed E-state index contributed by atoms with van der Waals surface area (Å²) in [5.41, 5.74) is 1.09. The molecule has 15 heavy (non-hydrogen) atoms. The lowest BCUT2D eigenvalue weighted by molar-refractivity contribution is -0.146. The molecule has 1 aromatic carbocycles. The molecule has 0 aliphatic rings. The van der Waals surface area contributed by atoms with Crippen LogP contribution in [0.15, 0.2) is 36.4 Å². The molecule has 0 fully saturated rings. The first-order chi connectivity index (χ1) is 7.18. The maximum absolute atomic E-state index is 11.2. The van der Waals surface area contributed by atoms with Crippen LogP contribution in [0, 0.1) is 0 Å². The first-order valence-corrected chi connectivity index (χ1v) is 5.09. The summed E-state index contributed by atoms with van der Waals surface area (Å²) in [5, 5.41) is 0. The molecule has 2 heteroatoms. The summed E-state index contributed by atoms with van der Waals surface area (Å²) in [6.45, 7) is 3.69. The molecule has 0 N–H and O–H groups in total. The summed E-state index contributed by atoms with van der Waals surface area (Å²) in [6, 6.07) is 9.87. The molecule has 2 nitrogen and oxygen atoms in total. The third-order valence-electron chi connectivity index (χ3n) is 1.76. The molecule has 0 aliphatic carbocycles. The highest BCUT2D eigenvalue weighted by atomic mass is 16.5. The molecule has 0 spiro atoms. The molecule has 0 aromatic heterocycles. The first-order valence-electron chi connectivity index (χ1n) is 5.09. The Bertz CT molecular complexity index is 326. The fraction of sp³-hybridized carbons (Fsp3) is 0.308. The van der Waals surface area contributed by atoms with Gasteiger partial charge in [-0.3, -0.25) is 4.79 Å². The molecule has 1 aromatic rings. The van der Waals surface area contributed by atoms with E-state index in [0.29, 0.717) is 6.42 Å². The molecule has 0 heterocycles. The van der Waals surface area contributed by atoms with E-state index >= 15 is 0 Å². The average molecular weight is 204 g/mol. The Balaban J connectivity index is 2.37. The van der Waals surface area contributed by atoms with Gasteiger partial charge >= 0.3 is 5.97 Å². The number of hydrogen-bond donors (Lipinski definition) is 0. The number of esters is 1. The van der Waals surface area contributed by atoms with Crippen molar-refractivity contribution in [3.8, 4) is 0 Å². The Morgan fingerprint density at radius 1 is 1.33 bits per heavy atom. The Morgan fingerprint density at radius 2 is 2.00 bits per heavy atom. The zero-order chi connectivity index (χ0) is 11.1. The molecule has 0 amide bonds. The van der Waals surface area contributed by atoms with E-state index in [4.69, 9.17) is 4.74 Å². The Labute approximate surface area is 90.6 Å². The van der Waals surface area contributed by atoms with Crippen molar-refractivity contribution in [1.82, 2.24) is 0 Å². The van der Waals surface area contributed by atoms with Gasteiger partial charge in [0.25, 0.3) is 0 Å². The van der Waals surface area contributed by atoms with Gasteiger partial charge in [0, 0.05) is 0 Å². The van der Waals surface area contributed by atoms with Gasteiger partial charge in [-0.05, 0) is 19.4 Å². The van der Waals surface area contributed by atoms with E-state index in [1.54, 1.807) is 0 Å². The second kappa shape index (κ2) is 6.02. The Morgan fingerprint density at radius 3 is 2.60 bits per heavy atom. The van der Waals surface area contributed by atoms with Gasteiger partial charge in [0.1, 0.15) is 0 Å². The van der Waals surface area contributed by atoms with Crippen LogP contribution in [0.25, 0.3) is 6.08 Å². The Hall–Kier alpha value is -1.57. The largest absolute Gasteiger partial charge is 0.463 e. The van der Waals surface area contributed by atoms with Gasteiger partial charge in [-0.15, -0.1) is 0 Å². The zero-order valence-corrected chi connectivity index (χ0v) is 9.14. The smallest absolute Gasteiger partial charge is 0.309 e. The minimum Gasteiger partial charge on any atom is -0.463 e. The van der Waals surface area contributed by atoms with Crippen LogP contribution in [0.5, 0.6) is 0 Å². The van der Waals surface area contributed by atoms with Crippen LogP contribution in [0.2, 0.25) is 0 Å². The quantitative estimate of drug-likeness (QED) is 0.705. The summed E-state index contributed by atoms with van der Waals surface area (Å²) < 4.78 is 5.00. The minimum absolute atomic E-state index is 0.0392. The lowest BCUT2D eigenvalue weighted by Gasteiger charge is -2.05.